The smallest absolute Gasteiger partial charge is 0.208 e. The molecule has 140 valence electrons. The largest absolute Gasteiger partial charge is 0.383 e. The van der Waals surface area contributed by atoms with Crippen LogP contribution in [0, 0.1) is 0 Å². The molecule has 0 saturated heterocycles. The number of aliphatic hydroxyl groups is 1. The number of guanidine groups is 1. The first kappa shape index (κ1) is 23.6. The summed E-state index contributed by atoms with van der Waals surface area (Å²) in [5.74, 6) is 0.599. The van der Waals surface area contributed by atoms with Crippen LogP contribution in [0.5, 0.6) is 0 Å². The van der Waals surface area contributed by atoms with Gasteiger partial charge in [-0.25, -0.2) is 18.1 Å². The highest BCUT2D eigenvalue weighted by molar-refractivity contribution is 14.0. The molecule has 0 fully saturated rings. The van der Waals surface area contributed by atoms with Gasteiger partial charge in [-0.15, -0.1) is 24.0 Å². The number of hydrogen-bond donors (Lipinski definition) is 4. The fraction of sp³-hybridized carbons (Fsp3) is 0.643. The molecule has 0 aliphatic heterocycles. The molecule has 7 nitrogen and oxygen atoms in total. The third-order valence-electron chi connectivity index (χ3n) is 3.04. The molecule has 0 saturated carbocycles. The van der Waals surface area contributed by atoms with Crippen molar-refractivity contribution in [2.24, 2.45) is 4.99 Å². The van der Waals surface area contributed by atoms with Crippen molar-refractivity contribution in [3.05, 3.63) is 22.4 Å². The highest BCUT2D eigenvalue weighted by atomic mass is 127. The van der Waals surface area contributed by atoms with E-state index in [2.05, 4.69) is 20.3 Å². The van der Waals surface area contributed by atoms with Crippen LogP contribution >= 0.6 is 35.3 Å². The van der Waals surface area contributed by atoms with Gasteiger partial charge in [-0.1, -0.05) is 0 Å². The maximum atomic E-state index is 11.0. The molecule has 1 unspecified atom stereocenters. The summed E-state index contributed by atoms with van der Waals surface area (Å²) < 4.78 is 24.4. The van der Waals surface area contributed by atoms with Gasteiger partial charge >= 0.3 is 0 Å². The van der Waals surface area contributed by atoms with Gasteiger partial charge < -0.3 is 15.7 Å². The molecule has 0 amide bonds. The minimum atomic E-state index is -3.15. The number of aliphatic imine (C=N–C) groups is 1. The molecule has 0 radical (unpaired) electrons. The summed E-state index contributed by atoms with van der Waals surface area (Å²) in [6, 6.07) is 1.89. The van der Waals surface area contributed by atoms with Gasteiger partial charge in [0.25, 0.3) is 0 Å². The van der Waals surface area contributed by atoms with E-state index in [4.69, 9.17) is 0 Å². The first-order chi connectivity index (χ1) is 10.7. The van der Waals surface area contributed by atoms with E-state index in [0.29, 0.717) is 32.0 Å². The molecule has 1 aromatic heterocycles. The second-order valence-electron chi connectivity index (χ2n) is 5.43. The van der Waals surface area contributed by atoms with Gasteiger partial charge in [-0.2, -0.15) is 11.3 Å². The topological polar surface area (TPSA) is 103 Å². The summed E-state index contributed by atoms with van der Waals surface area (Å²) in [6.45, 7) is 5.58. The Balaban J connectivity index is 0.00000529. The zero-order chi connectivity index (χ0) is 17.3. The number of nitrogens with one attached hydrogen (secondary N) is 3. The third-order valence-corrected chi connectivity index (χ3v) is 4.45. The molecule has 1 rings (SSSR count). The quantitative estimate of drug-likeness (QED) is 0.180. The normalized spacial score (nSPS) is 14.6. The highest BCUT2D eigenvalue weighted by Crippen LogP contribution is 2.23. The van der Waals surface area contributed by atoms with E-state index in [9.17, 15) is 13.5 Å². The molecule has 1 heterocycles. The monoisotopic (exact) mass is 490 g/mol. The second-order valence-corrected chi connectivity index (χ2v) is 8.04. The van der Waals surface area contributed by atoms with E-state index in [-0.39, 0.29) is 30.5 Å². The Bertz CT molecular complexity index is 589. The van der Waals surface area contributed by atoms with Gasteiger partial charge in [0, 0.05) is 19.6 Å². The number of halogens is 1. The van der Waals surface area contributed by atoms with Crippen LogP contribution in [-0.4, -0.2) is 51.9 Å². The van der Waals surface area contributed by atoms with Gasteiger partial charge in [0.2, 0.25) is 10.0 Å². The van der Waals surface area contributed by atoms with Gasteiger partial charge in [-0.05, 0) is 42.7 Å². The molecule has 24 heavy (non-hydrogen) atoms. The van der Waals surface area contributed by atoms with E-state index < -0.39 is 15.6 Å². The lowest BCUT2D eigenvalue weighted by atomic mass is 10.00. The fourth-order valence-corrected chi connectivity index (χ4v) is 3.09. The number of thiophene rings is 1. The van der Waals surface area contributed by atoms with Crippen molar-refractivity contribution >= 4 is 51.3 Å². The highest BCUT2D eigenvalue weighted by Gasteiger charge is 2.23. The molecular weight excluding hydrogens is 463 g/mol. The number of hydrogen-bond acceptors (Lipinski definition) is 5. The Kier molecular flexibility index (Phi) is 11.0. The summed E-state index contributed by atoms with van der Waals surface area (Å²) in [7, 11) is -3.15. The zero-order valence-corrected chi connectivity index (χ0v) is 18.2. The molecule has 1 aromatic rings. The first-order valence-electron chi connectivity index (χ1n) is 7.46. The molecule has 0 spiro atoms. The van der Waals surface area contributed by atoms with Crippen LogP contribution in [-0.2, 0) is 15.6 Å². The third kappa shape index (κ3) is 9.77. The standard InChI is InChI=1S/C14H26N4O3S2.HI/c1-4-15-13(16-7-5-8-18-23(3,20)21)17-11-14(2,19)12-6-9-22-10-12;/h6,9-10,18-19H,4-5,7-8,11H2,1-3H3,(H2,15,16,17);1H. The Morgan fingerprint density at radius 2 is 2.08 bits per heavy atom. The van der Waals surface area contributed by atoms with Crippen LogP contribution in [0.15, 0.2) is 21.8 Å². The van der Waals surface area contributed by atoms with E-state index in [1.165, 1.54) is 11.3 Å². The maximum absolute atomic E-state index is 11.0. The average Bonchev–Trinajstić information content (AvgIpc) is 2.98. The summed E-state index contributed by atoms with van der Waals surface area (Å²) in [5, 5.41) is 20.5. The number of nitrogens with zero attached hydrogens (tertiary/aromatic N) is 1. The maximum Gasteiger partial charge on any atom is 0.208 e. The van der Waals surface area contributed by atoms with E-state index in [1.807, 2.05) is 23.8 Å². The van der Waals surface area contributed by atoms with Crippen molar-refractivity contribution in [2.75, 3.05) is 32.4 Å². The molecule has 0 aliphatic rings. The summed E-state index contributed by atoms with van der Waals surface area (Å²) >= 11 is 1.54. The van der Waals surface area contributed by atoms with Gasteiger partial charge in [0.05, 0.1) is 12.8 Å². The summed E-state index contributed by atoms with van der Waals surface area (Å²) in [4.78, 5) is 4.40. The van der Waals surface area contributed by atoms with Crippen LogP contribution in [0.2, 0.25) is 0 Å². The minimum Gasteiger partial charge on any atom is -0.383 e. The first-order valence-corrected chi connectivity index (χ1v) is 10.3. The Hall–Kier alpha value is -0.430. The van der Waals surface area contributed by atoms with Crippen molar-refractivity contribution < 1.29 is 13.5 Å². The molecular formula is C14H27IN4O3S2. The van der Waals surface area contributed by atoms with Gasteiger partial charge in [-0.3, -0.25) is 0 Å². The Morgan fingerprint density at radius 1 is 1.38 bits per heavy atom. The lowest BCUT2D eigenvalue weighted by molar-refractivity contribution is 0.0677. The minimum absolute atomic E-state index is 0. The molecule has 4 N–H and O–H groups in total. The van der Waals surface area contributed by atoms with Crippen LogP contribution in [0.3, 0.4) is 0 Å². The Labute approximate surface area is 165 Å². The Morgan fingerprint density at radius 3 is 2.62 bits per heavy atom. The van der Waals surface area contributed by atoms with Crippen molar-refractivity contribution in [2.45, 2.75) is 25.9 Å². The van der Waals surface area contributed by atoms with Crippen molar-refractivity contribution in [1.29, 1.82) is 0 Å². The molecule has 0 bridgehead atoms. The van der Waals surface area contributed by atoms with E-state index >= 15 is 0 Å². The van der Waals surface area contributed by atoms with Crippen LogP contribution in [0.1, 0.15) is 25.8 Å². The van der Waals surface area contributed by atoms with Crippen molar-refractivity contribution in [3.63, 3.8) is 0 Å². The second kappa shape index (κ2) is 11.2. The lowest BCUT2D eigenvalue weighted by Crippen LogP contribution is -2.40. The molecule has 10 heteroatoms. The SMILES string of the molecule is CCNC(=NCC(C)(O)c1ccsc1)NCCCNS(C)(=O)=O.I. The zero-order valence-electron chi connectivity index (χ0n) is 14.2. The fourth-order valence-electron chi connectivity index (χ4n) is 1.79. The van der Waals surface area contributed by atoms with Crippen LogP contribution in [0.25, 0.3) is 0 Å². The average molecular weight is 490 g/mol. The van der Waals surface area contributed by atoms with Crippen molar-refractivity contribution in [3.8, 4) is 0 Å². The van der Waals surface area contributed by atoms with Crippen LogP contribution in [0.4, 0.5) is 0 Å². The number of rotatable bonds is 9. The molecule has 0 aliphatic carbocycles. The molecule has 1 atom stereocenters. The molecule has 0 aromatic carbocycles. The summed E-state index contributed by atoms with van der Waals surface area (Å²) in [6.07, 6.45) is 1.77. The summed E-state index contributed by atoms with van der Waals surface area (Å²) in [5.41, 5.74) is -0.167. The van der Waals surface area contributed by atoms with E-state index in [1.54, 1.807) is 6.92 Å². The lowest BCUT2D eigenvalue weighted by Gasteiger charge is -2.21. The van der Waals surface area contributed by atoms with E-state index in [0.717, 1.165) is 11.8 Å². The van der Waals surface area contributed by atoms with Crippen LogP contribution < -0.4 is 15.4 Å². The predicted octanol–water partition coefficient (Wildman–Crippen LogP) is 1.07. The van der Waals surface area contributed by atoms with Gasteiger partial charge in [0.15, 0.2) is 5.96 Å². The predicted molar refractivity (Wildman–Crippen MR) is 111 cm³/mol. The van der Waals surface area contributed by atoms with Gasteiger partial charge in [0.1, 0.15) is 5.60 Å². The van der Waals surface area contributed by atoms with Crippen molar-refractivity contribution in [1.82, 2.24) is 15.4 Å². The number of sulfonamides is 1.